The summed E-state index contributed by atoms with van der Waals surface area (Å²) >= 11 is 0. The Hall–Kier alpha value is -3.13. The Balaban J connectivity index is 1.28. The third kappa shape index (κ3) is 6.26. The molecular formula is C26H33FN4O3. The van der Waals surface area contributed by atoms with Crippen molar-refractivity contribution in [3.8, 4) is 0 Å². The van der Waals surface area contributed by atoms with E-state index in [1.165, 1.54) is 24.5 Å². The molecule has 1 aliphatic heterocycles. The standard InChI is InChI=1S/C26H33FN4O3/c27-21-9-4-5-10-22(21)30-14-16-31(17-15-30)23(24-11-6-18-34-24)19-29-26(33)25(32)28-13-12-20-7-2-1-3-8-20/h4-7,9-11,18,23H,1-3,8,12-17,19H2,(H,28,32)(H,29,33)/t23-/m0/s1. The van der Waals surface area contributed by atoms with Gasteiger partial charge < -0.3 is 20.0 Å². The second-order valence-electron chi connectivity index (χ2n) is 8.83. The van der Waals surface area contributed by atoms with Gasteiger partial charge in [0.1, 0.15) is 11.6 Å². The number of carbonyl (C=O) groups excluding carboxylic acids is 2. The molecular weight excluding hydrogens is 435 g/mol. The van der Waals surface area contributed by atoms with Crippen LogP contribution in [0.2, 0.25) is 0 Å². The number of furan rings is 1. The van der Waals surface area contributed by atoms with Crippen LogP contribution >= 0.6 is 0 Å². The van der Waals surface area contributed by atoms with Gasteiger partial charge in [-0.15, -0.1) is 0 Å². The molecule has 2 N–H and O–H groups in total. The van der Waals surface area contributed by atoms with Crippen molar-refractivity contribution in [3.05, 3.63) is 65.9 Å². The number of nitrogens with one attached hydrogen (secondary N) is 2. The number of benzene rings is 1. The summed E-state index contributed by atoms with van der Waals surface area (Å²) in [5, 5.41) is 5.49. The minimum absolute atomic E-state index is 0.207. The van der Waals surface area contributed by atoms with Gasteiger partial charge in [0.05, 0.1) is 18.0 Å². The number of para-hydroxylation sites is 1. The molecule has 0 bridgehead atoms. The number of anilines is 1. The van der Waals surface area contributed by atoms with Gasteiger partial charge in [0, 0.05) is 39.3 Å². The Morgan fingerprint density at radius 3 is 2.50 bits per heavy atom. The fourth-order valence-electron chi connectivity index (χ4n) is 4.69. The van der Waals surface area contributed by atoms with Crippen molar-refractivity contribution in [2.45, 2.75) is 38.1 Å². The van der Waals surface area contributed by atoms with Crippen LogP contribution in [0, 0.1) is 5.82 Å². The lowest BCUT2D eigenvalue weighted by molar-refractivity contribution is -0.139. The molecule has 0 unspecified atom stereocenters. The van der Waals surface area contributed by atoms with Crippen molar-refractivity contribution < 1.29 is 18.4 Å². The molecule has 0 saturated carbocycles. The Kier molecular flexibility index (Phi) is 8.36. The first kappa shape index (κ1) is 24.0. The van der Waals surface area contributed by atoms with Crippen LogP contribution in [0.25, 0.3) is 0 Å². The molecule has 1 saturated heterocycles. The summed E-state index contributed by atoms with van der Waals surface area (Å²) in [7, 11) is 0. The summed E-state index contributed by atoms with van der Waals surface area (Å²) < 4.78 is 19.8. The smallest absolute Gasteiger partial charge is 0.309 e. The fourth-order valence-corrected chi connectivity index (χ4v) is 4.69. The van der Waals surface area contributed by atoms with E-state index in [2.05, 4.69) is 21.6 Å². The van der Waals surface area contributed by atoms with Gasteiger partial charge in [0.25, 0.3) is 0 Å². The minimum Gasteiger partial charge on any atom is -0.468 e. The number of carbonyl (C=O) groups is 2. The van der Waals surface area contributed by atoms with Gasteiger partial charge in [-0.25, -0.2) is 4.39 Å². The second-order valence-corrected chi connectivity index (χ2v) is 8.83. The largest absolute Gasteiger partial charge is 0.468 e. The number of nitrogens with zero attached hydrogens (tertiary/aromatic N) is 2. The van der Waals surface area contributed by atoms with Gasteiger partial charge >= 0.3 is 11.8 Å². The molecule has 4 rings (SSSR count). The lowest BCUT2D eigenvalue weighted by Gasteiger charge is -2.39. The molecule has 2 aromatic rings. The number of allylic oxidation sites excluding steroid dienone is 1. The summed E-state index contributed by atoms with van der Waals surface area (Å²) in [5.74, 6) is -0.751. The van der Waals surface area contributed by atoms with Gasteiger partial charge in [-0.1, -0.05) is 23.8 Å². The van der Waals surface area contributed by atoms with E-state index >= 15 is 0 Å². The van der Waals surface area contributed by atoms with Crippen LogP contribution < -0.4 is 15.5 Å². The normalized spacial score (nSPS) is 17.7. The highest BCUT2D eigenvalue weighted by Gasteiger charge is 2.28. The quantitative estimate of drug-likeness (QED) is 0.459. The molecule has 1 fully saturated rings. The summed E-state index contributed by atoms with van der Waals surface area (Å²) in [5.41, 5.74) is 1.96. The number of hydrogen-bond acceptors (Lipinski definition) is 5. The Morgan fingerprint density at radius 2 is 1.79 bits per heavy atom. The third-order valence-electron chi connectivity index (χ3n) is 6.60. The maximum absolute atomic E-state index is 14.2. The highest BCUT2D eigenvalue weighted by Crippen LogP contribution is 2.25. The van der Waals surface area contributed by atoms with Gasteiger partial charge in [-0.3, -0.25) is 14.5 Å². The van der Waals surface area contributed by atoms with E-state index in [0.29, 0.717) is 38.4 Å². The van der Waals surface area contributed by atoms with Gasteiger partial charge in [-0.2, -0.15) is 0 Å². The van der Waals surface area contributed by atoms with Gasteiger partial charge in [0.15, 0.2) is 0 Å². The maximum Gasteiger partial charge on any atom is 0.309 e. The third-order valence-corrected chi connectivity index (χ3v) is 6.60. The number of halogens is 1. The van der Waals surface area contributed by atoms with Crippen molar-refractivity contribution in [2.75, 3.05) is 44.2 Å². The average Bonchev–Trinajstić information content (AvgIpc) is 3.40. The molecule has 2 heterocycles. The first-order valence-corrected chi connectivity index (χ1v) is 12.1. The molecule has 8 heteroatoms. The molecule has 2 aliphatic rings. The van der Waals surface area contributed by atoms with E-state index in [-0.39, 0.29) is 18.4 Å². The van der Waals surface area contributed by atoms with E-state index in [1.807, 2.05) is 23.1 Å². The lowest BCUT2D eigenvalue weighted by atomic mass is 9.97. The van der Waals surface area contributed by atoms with E-state index in [4.69, 9.17) is 4.42 Å². The Bertz CT molecular complexity index is 984. The van der Waals surface area contributed by atoms with Crippen LogP contribution in [-0.2, 0) is 9.59 Å². The zero-order chi connectivity index (χ0) is 23.8. The van der Waals surface area contributed by atoms with Crippen LogP contribution in [0.5, 0.6) is 0 Å². The second kappa shape index (κ2) is 11.8. The first-order valence-electron chi connectivity index (χ1n) is 12.1. The van der Waals surface area contributed by atoms with E-state index in [1.54, 1.807) is 18.4 Å². The summed E-state index contributed by atoms with van der Waals surface area (Å²) in [6, 6.07) is 10.3. The van der Waals surface area contributed by atoms with E-state index in [0.717, 1.165) is 25.0 Å². The number of rotatable bonds is 8. The van der Waals surface area contributed by atoms with Crippen LogP contribution in [0.1, 0.15) is 43.9 Å². The van der Waals surface area contributed by atoms with E-state index < -0.39 is 11.8 Å². The van der Waals surface area contributed by atoms with E-state index in [9.17, 15) is 14.0 Å². The highest BCUT2D eigenvalue weighted by molar-refractivity contribution is 6.35. The van der Waals surface area contributed by atoms with Crippen molar-refractivity contribution in [1.82, 2.24) is 15.5 Å². The van der Waals surface area contributed by atoms with Crippen molar-refractivity contribution in [2.24, 2.45) is 0 Å². The number of amides is 2. The van der Waals surface area contributed by atoms with Crippen LogP contribution in [0.15, 0.2) is 58.7 Å². The van der Waals surface area contributed by atoms with Crippen LogP contribution in [0.4, 0.5) is 10.1 Å². The van der Waals surface area contributed by atoms with Crippen molar-refractivity contribution in [1.29, 1.82) is 0 Å². The summed E-state index contributed by atoms with van der Waals surface area (Å²) in [4.78, 5) is 28.9. The zero-order valence-corrected chi connectivity index (χ0v) is 19.5. The molecule has 1 atom stereocenters. The van der Waals surface area contributed by atoms with Crippen molar-refractivity contribution >= 4 is 17.5 Å². The number of piperazine rings is 1. The predicted molar refractivity (Wildman–Crippen MR) is 129 cm³/mol. The molecule has 2 amide bonds. The zero-order valence-electron chi connectivity index (χ0n) is 19.5. The maximum atomic E-state index is 14.2. The fraction of sp³-hybridized carbons (Fsp3) is 0.462. The Morgan fingerprint density at radius 1 is 1.00 bits per heavy atom. The summed E-state index contributed by atoms with van der Waals surface area (Å²) in [6.45, 7) is 3.39. The lowest BCUT2D eigenvalue weighted by Crippen LogP contribution is -2.51. The van der Waals surface area contributed by atoms with Crippen LogP contribution in [-0.4, -0.2) is 56.0 Å². The molecule has 1 aliphatic carbocycles. The number of hydrogen-bond donors (Lipinski definition) is 2. The van der Waals surface area contributed by atoms with Crippen LogP contribution in [0.3, 0.4) is 0 Å². The molecule has 34 heavy (non-hydrogen) atoms. The predicted octanol–water partition coefficient (Wildman–Crippen LogP) is 3.40. The minimum atomic E-state index is -0.640. The van der Waals surface area contributed by atoms with Crippen molar-refractivity contribution in [3.63, 3.8) is 0 Å². The molecule has 182 valence electrons. The SMILES string of the molecule is O=C(NCCC1=CCCCC1)C(=O)NC[C@@H](c1ccco1)N1CCN(c2ccccc2F)CC1. The monoisotopic (exact) mass is 468 g/mol. The molecule has 0 radical (unpaired) electrons. The molecule has 0 spiro atoms. The molecule has 7 nitrogen and oxygen atoms in total. The topological polar surface area (TPSA) is 77.8 Å². The average molecular weight is 469 g/mol. The molecule has 1 aromatic heterocycles. The molecule has 1 aromatic carbocycles. The Labute approximate surface area is 200 Å². The van der Waals surface area contributed by atoms with Gasteiger partial charge in [-0.05, 0) is 56.4 Å². The highest BCUT2D eigenvalue weighted by atomic mass is 19.1. The first-order chi connectivity index (χ1) is 16.6. The van der Waals surface area contributed by atoms with Gasteiger partial charge in [0.2, 0.25) is 0 Å². The summed E-state index contributed by atoms with van der Waals surface area (Å²) in [6.07, 6.45) is 9.25.